The van der Waals surface area contributed by atoms with E-state index in [4.69, 9.17) is 5.11 Å². The summed E-state index contributed by atoms with van der Waals surface area (Å²) in [5.41, 5.74) is 1.03. The summed E-state index contributed by atoms with van der Waals surface area (Å²) in [5.74, 6) is 0. The first kappa shape index (κ1) is 13.2. The minimum atomic E-state index is -0.403. The maximum atomic E-state index is 11.0. The lowest BCUT2D eigenvalue weighted by atomic mass is 10.2. The number of hydrogen-bond donors (Lipinski definition) is 3. The third kappa shape index (κ3) is 3.60. The zero-order valence-corrected chi connectivity index (χ0v) is 9.77. The largest absolute Gasteiger partial charge is 0.396 e. The highest BCUT2D eigenvalue weighted by molar-refractivity contribution is 5.76. The maximum Gasteiger partial charge on any atom is 0.315 e. The van der Waals surface area contributed by atoms with Crippen molar-refractivity contribution in [2.75, 3.05) is 30.3 Å². The molecule has 0 aromatic heterocycles. The normalized spacial score (nSPS) is 10.0. The number of aliphatic hydroxyl groups excluding tert-OH is 1. The second-order valence-corrected chi connectivity index (χ2v) is 3.49. The number of rotatable bonds is 7. The zero-order valence-electron chi connectivity index (χ0n) is 9.77. The van der Waals surface area contributed by atoms with Gasteiger partial charge in [-0.15, -0.1) is 0 Å². The molecule has 0 fully saturated rings. The molecule has 0 spiro atoms. The summed E-state index contributed by atoms with van der Waals surface area (Å²) in [4.78, 5) is 10.6. The Kier molecular flexibility index (Phi) is 5.22. The Morgan fingerprint density at radius 3 is 2.53 bits per heavy atom. The Hall–Kier alpha value is -1.82. The van der Waals surface area contributed by atoms with Crippen LogP contribution in [0.25, 0.3) is 0 Å². The van der Waals surface area contributed by atoms with Crippen molar-refractivity contribution in [3.63, 3.8) is 0 Å². The molecule has 0 aliphatic heterocycles. The van der Waals surface area contributed by atoms with E-state index < -0.39 is 4.92 Å². The number of nitro benzene ring substituents is 1. The Balaban J connectivity index is 2.94. The van der Waals surface area contributed by atoms with Crippen LogP contribution in [0.4, 0.5) is 17.1 Å². The summed E-state index contributed by atoms with van der Waals surface area (Å²) in [5, 5.41) is 25.6. The second-order valence-electron chi connectivity index (χ2n) is 3.49. The number of nitrogens with zero attached hydrogens (tertiary/aromatic N) is 1. The van der Waals surface area contributed by atoms with Crippen LogP contribution in [0, 0.1) is 10.1 Å². The highest BCUT2D eigenvalue weighted by Gasteiger charge is 2.18. The van der Waals surface area contributed by atoms with Crippen LogP contribution < -0.4 is 10.6 Å². The fourth-order valence-electron chi connectivity index (χ4n) is 1.52. The van der Waals surface area contributed by atoms with Gasteiger partial charge in [0.05, 0.1) is 4.92 Å². The fourth-order valence-corrected chi connectivity index (χ4v) is 1.52. The van der Waals surface area contributed by atoms with E-state index in [9.17, 15) is 10.1 Å². The van der Waals surface area contributed by atoms with Gasteiger partial charge in [-0.2, -0.15) is 0 Å². The van der Waals surface area contributed by atoms with Gasteiger partial charge in [0.15, 0.2) is 0 Å². The lowest BCUT2D eigenvalue weighted by Crippen LogP contribution is -2.08. The van der Waals surface area contributed by atoms with Crippen LogP contribution in [0.2, 0.25) is 0 Å². The molecule has 1 aromatic carbocycles. The molecular weight excluding hydrogens is 222 g/mol. The van der Waals surface area contributed by atoms with Crippen LogP contribution in [-0.2, 0) is 0 Å². The van der Waals surface area contributed by atoms with Gasteiger partial charge in [-0.25, -0.2) is 0 Å². The van der Waals surface area contributed by atoms with Crippen LogP contribution in [0.15, 0.2) is 18.2 Å². The van der Waals surface area contributed by atoms with E-state index in [-0.39, 0.29) is 12.3 Å². The molecular formula is C11H17N3O3. The first-order valence-corrected chi connectivity index (χ1v) is 5.56. The standard InChI is InChI=1S/C11H17N3O3/c1-2-12-9-5-3-6-10(11(9)14(16)17)13-7-4-8-15/h3,5-6,12-13,15H,2,4,7-8H2,1H3. The second kappa shape index (κ2) is 6.70. The third-order valence-corrected chi connectivity index (χ3v) is 2.24. The van der Waals surface area contributed by atoms with Crippen LogP contribution >= 0.6 is 0 Å². The molecule has 0 unspecified atom stereocenters. The number of nitrogens with one attached hydrogen (secondary N) is 2. The molecule has 0 aliphatic carbocycles. The van der Waals surface area contributed by atoms with Gasteiger partial charge in [-0.3, -0.25) is 10.1 Å². The molecule has 6 heteroatoms. The molecule has 0 amide bonds. The number of anilines is 2. The molecule has 1 rings (SSSR count). The number of nitro groups is 1. The minimum absolute atomic E-state index is 0.0484. The topological polar surface area (TPSA) is 87.4 Å². The smallest absolute Gasteiger partial charge is 0.315 e. The van der Waals surface area contributed by atoms with Crippen molar-refractivity contribution < 1.29 is 10.0 Å². The molecule has 0 saturated carbocycles. The Morgan fingerprint density at radius 2 is 2.00 bits per heavy atom. The monoisotopic (exact) mass is 239 g/mol. The summed E-state index contributed by atoms with van der Waals surface area (Å²) in [6.07, 6.45) is 0.558. The summed E-state index contributed by atoms with van der Waals surface area (Å²) in [7, 11) is 0. The average molecular weight is 239 g/mol. The van der Waals surface area contributed by atoms with Gasteiger partial charge in [0, 0.05) is 19.7 Å². The van der Waals surface area contributed by atoms with E-state index in [1.807, 2.05) is 6.92 Å². The van der Waals surface area contributed by atoms with E-state index >= 15 is 0 Å². The quantitative estimate of drug-likeness (QED) is 0.384. The molecule has 0 atom stereocenters. The molecule has 0 saturated heterocycles. The van der Waals surface area contributed by atoms with E-state index in [2.05, 4.69) is 10.6 Å². The Morgan fingerprint density at radius 1 is 1.35 bits per heavy atom. The van der Waals surface area contributed by atoms with Crippen molar-refractivity contribution in [2.24, 2.45) is 0 Å². The van der Waals surface area contributed by atoms with Crippen LogP contribution in [0.3, 0.4) is 0 Å². The highest BCUT2D eigenvalue weighted by Crippen LogP contribution is 2.32. The van der Waals surface area contributed by atoms with Crippen molar-refractivity contribution in [3.05, 3.63) is 28.3 Å². The SMILES string of the molecule is CCNc1cccc(NCCCO)c1[N+](=O)[O-]. The molecule has 17 heavy (non-hydrogen) atoms. The Labute approximate surface area is 99.8 Å². The number of hydrogen-bond acceptors (Lipinski definition) is 5. The van der Waals surface area contributed by atoms with E-state index in [1.54, 1.807) is 18.2 Å². The number of aliphatic hydroxyl groups is 1. The van der Waals surface area contributed by atoms with Crippen LogP contribution in [-0.4, -0.2) is 29.7 Å². The van der Waals surface area contributed by atoms with Crippen molar-refractivity contribution >= 4 is 17.1 Å². The predicted molar refractivity (Wildman–Crippen MR) is 67.5 cm³/mol. The van der Waals surface area contributed by atoms with Crippen molar-refractivity contribution in [3.8, 4) is 0 Å². The van der Waals surface area contributed by atoms with Gasteiger partial charge in [0.1, 0.15) is 11.4 Å². The average Bonchev–Trinajstić information content (AvgIpc) is 2.29. The van der Waals surface area contributed by atoms with Crippen LogP contribution in [0.5, 0.6) is 0 Å². The molecule has 1 aromatic rings. The van der Waals surface area contributed by atoms with Gasteiger partial charge < -0.3 is 15.7 Å². The molecule has 3 N–H and O–H groups in total. The molecule has 0 bridgehead atoms. The molecule has 0 radical (unpaired) electrons. The third-order valence-electron chi connectivity index (χ3n) is 2.24. The van der Waals surface area contributed by atoms with Crippen molar-refractivity contribution in [2.45, 2.75) is 13.3 Å². The van der Waals surface area contributed by atoms with Gasteiger partial charge in [0.2, 0.25) is 0 Å². The molecule has 6 nitrogen and oxygen atoms in total. The number of benzene rings is 1. The predicted octanol–water partition coefficient (Wildman–Crippen LogP) is 1.82. The van der Waals surface area contributed by atoms with Crippen LogP contribution in [0.1, 0.15) is 13.3 Å². The summed E-state index contributed by atoms with van der Waals surface area (Å²) in [6.45, 7) is 3.08. The lowest BCUT2D eigenvalue weighted by molar-refractivity contribution is -0.383. The number of para-hydroxylation sites is 1. The Bertz CT molecular complexity index is 382. The highest BCUT2D eigenvalue weighted by atomic mass is 16.6. The van der Waals surface area contributed by atoms with E-state index in [0.29, 0.717) is 30.9 Å². The van der Waals surface area contributed by atoms with E-state index in [0.717, 1.165) is 0 Å². The lowest BCUT2D eigenvalue weighted by Gasteiger charge is -2.10. The summed E-state index contributed by atoms with van der Waals surface area (Å²) in [6, 6.07) is 5.10. The van der Waals surface area contributed by atoms with Gasteiger partial charge >= 0.3 is 5.69 Å². The fraction of sp³-hybridized carbons (Fsp3) is 0.455. The molecule has 0 aliphatic rings. The summed E-state index contributed by atoms with van der Waals surface area (Å²) >= 11 is 0. The first-order chi connectivity index (χ1) is 8.20. The van der Waals surface area contributed by atoms with Crippen molar-refractivity contribution in [1.29, 1.82) is 0 Å². The molecule has 0 heterocycles. The van der Waals surface area contributed by atoms with E-state index in [1.165, 1.54) is 0 Å². The van der Waals surface area contributed by atoms with Gasteiger partial charge in [-0.05, 0) is 25.5 Å². The first-order valence-electron chi connectivity index (χ1n) is 5.56. The zero-order chi connectivity index (χ0) is 12.7. The maximum absolute atomic E-state index is 11.0. The van der Waals surface area contributed by atoms with Crippen molar-refractivity contribution in [1.82, 2.24) is 0 Å². The minimum Gasteiger partial charge on any atom is -0.396 e. The van der Waals surface area contributed by atoms with Gasteiger partial charge in [0.25, 0.3) is 0 Å². The molecule has 94 valence electrons. The van der Waals surface area contributed by atoms with Gasteiger partial charge in [-0.1, -0.05) is 6.07 Å². The summed E-state index contributed by atoms with van der Waals surface area (Å²) < 4.78 is 0.